The maximum absolute atomic E-state index is 12.9. The minimum Gasteiger partial charge on any atom is -0.508 e. The van der Waals surface area contributed by atoms with E-state index in [0.717, 1.165) is 24.0 Å². The topological polar surface area (TPSA) is 49.8 Å². The normalized spacial score (nSPS) is 16.5. The molecule has 0 bridgehead atoms. The van der Waals surface area contributed by atoms with Crippen molar-refractivity contribution in [3.05, 3.63) is 64.7 Å². The highest BCUT2D eigenvalue weighted by Crippen LogP contribution is 2.35. The van der Waals surface area contributed by atoms with Gasteiger partial charge in [0.25, 0.3) is 0 Å². The molecule has 1 amide bonds. The molecule has 0 spiro atoms. The highest BCUT2D eigenvalue weighted by atomic mass is 35.5. The van der Waals surface area contributed by atoms with Crippen LogP contribution in [0.2, 0.25) is 5.02 Å². The number of benzene rings is 2. The van der Waals surface area contributed by atoms with Crippen molar-refractivity contribution in [3.63, 3.8) is 0 Å². The van der Waals surface area contributed by atoms with Crippen LogP contribution in [0.5, 0.6) is 5.75 Å². The molecule has 26 heavy (non-hydrogen) atoms. The Labute approximate surface area is 159 Å². The van der Waals surface area contributed by atoms with Crippen LogP contribution in [-0.2, 0) is 9.53 Å². The number of methoxy groups -OCH3 is 1. The summed E-state index contributed by atoms with van der Waals surface area (Å²) < 4.78 is 5.38. The summed E-state index contributed by atoms with van der Waals surface area (Å²) in [6.45, 7) is 1.43. The Bertz CT molecular complexity index is 756. The zero-order chi connectivity index (χ0) is 18.5. The van der Waals surface area contributed by atoms with Crippen LogP contribution >= 0.6 is 11.6 Å². The fourth-order valence-corrected chi connectivity index (χ4v) is 3.82. The predicted octanol–water partition coefficient (Wildman–Crippen LogP) is 4.21. The summed E-state index contributed by atoms with van der Waals surface area (Å²) in [6.07, 6.45) is 2.30. The van der Waals surface area contributed by atoms with Crippen molar-refractivity contribution in [3.8, 4) is 5.75 Å². The average molecular weight is 374 g/mol. The number of nitrogens with zero attached hydrogens (tertiary/aromatic N) is 1. The van der Waals surface area contributed by atoms with Crippen LogP contribution in [0.1, 0.15) is 36.3 Å². The first-order valence-electron chi connectivity index (χ1n) is 8.92. The summed E-state index contributed by atoms with van der Waals surface area (Å²) in [6, 6.07) is 14.6. The molecule has 2 aromatic carbocycles. The fraction of sp³-hybridized carbons (Fsp3) is 0.381. The lowest BCUT2D eigenvalue weighted by molar-refractivity contribution is -0.133. The Balaban J connectivity index is 1.83. The minimum absolute atomic E-state index is 0.104. The number of carbonyl (C=O) groups is 1. The van der Waals surface area contributed by atoms with Crippen LogP contribution in [0, 0.1) is 0 Å². The number of carbonyl (C=O) groups excluding carboxylic acids is 1. The highest BCUT2D eigenvalue weighted by molar-refractivity contribution is 6.31. The largest absolute Gasteiger partial charge is 0.508 e. The zero-order valence-electron chi connectivity index (χ0n) is 14.9. The molecule has 3 rings (SSSR count). The molecule has 1 N–H and O–H groups in total. The predicted molar refractivity (Wildman–Crippen MR) is 103 cm³/mol. The molecular weight excluding hydrogens is 350 g/mol. The third-order valence-corrected chi connectivity index (χ3v) is 5.40. The number of rotatable bonds is 5. The Hall–Kier alpha value is -2.04. The number of phenols is 1. The van der Waals surface area contributed by atoms with Gasteiger partial charge in [0.15, 0.2) is 0 Å². The van der Waals surface area contributed by atoms with E-state index in [0.29, 0.717) is 24.5 Å². The van der Waals surface area contributed by atoms with Gasteiger partial charge in [-0.3, -0.25) is 4.79 Å². The number of likely N-dealkylation sites (tertiary alicyclic amines) is 1. The molecule has 1 heterocycles. The van der Waals surface area contributed by atoms with E-state index in [1.807, 2.05) is 35.2 Å². The van der Waals surface area contributed by atoms with Crippen molar-refractivity contribution in [1.82, 2.24) is 4.90 Å². The molecule has 1 aliphatic heterocycles. The van der Waals surface area contributed by atoms with E-state index in [9.17, 15) is 9.90 Å². The van der Waals surface area contributed by atoms with Crippen LogP contribution in [-0.4, -0.2) is 42.2 Å². The number of halogens is 1. The summed E-state index contributed by atoms with van der Waals surface area (Å²) in [4.78, 5) is 14.8. The lowest BCUT2D eigenvalue weighted by Gasteiger charge is -2.32. The van der Waals surface area contributed by atoms with Crippen molar-refractivity contribution in [2.45, 2.75) is 31.3 Å². The van der Waals surface area contributed by atoms with E-state index in [1.165, 1.54) is 0 Å². The van der Waals surface area contributed by atoms with Crippen molar-refractivity contribution in [2.75, 3.05) is 20.2 Å². The second-order valence-electron chi connectivity index (χ2n) is 6.69. The second-order valence-corrected chi connectivity index (χ2v) is 7.10. The third-order valence-electron chi connectivity index (χ3n) is 5.06. The van der Waals surface area contributed by atoms with Gasteiger partial charge in [0.05, 0.1) is 6.10 Å². The molecule has 2 aromatic rings. The number of ether oxygens (including phenoxy) is 1. The van der Waals surface area contributed by atoms with E-state index in [-0.39, 0.29) is 23.7 Å². The first-order valence-corrected chi connectivity index (χ1v) is 9.30. The van der Waals surface area contributed by atoms with Gasteiger partial charge in [-0.15, -0.1) is 0 Å². The number of aromatic hydroxyl groups is 1. The quantitative estimate of drug-likeness (QED) is 0.854. The van der Waals surface area contributed by atoms with E-state index in [2.05, 4.69) is 0 Å². The van der Waals surface area contributed by atoms with Crippen LogP contribution in [0.4, 0.5) is 0 Å². The molecule has 1 atom stereocenters. The van der Waals surface area contributed by atoms with Crippen LogP contribution in [0.3, 0.4) is 0 Å². The fourth-order valence-electron chi connectivity index (χ4n) is 3.55. The van der Waals surface area contributed by atoms with Gasteiger partial charge in [-0.05, 0) is 42.2 Å². The standard InChI is InChI=1S/C21H24ClNO3/c1-26-17-9-11-23(12-10-17)21(25)14-19(15-5-4-6-16(24)13-15)18-7-2-3-8-20(18)22/h2-8,13,17,19,24H,9-12,14H2,1H3/t19-/m0/s1. The Morgan fingerprint density at radius 3 is 2.62 bits per heavy atom. The van der Waals surface area contributed by atoms with Crippen LogP contribution in [0.25, 0.3) is 0 Å². The SMILES string of the molecule is COC1CCN(C(=O)C[C@@H](c2cccc(O)c2)c2ccccc2Cl)CC1. The van der Waals surface area contributed by atoms with Gasteiger partial charge < -0.3 is 14.7 Å². The lowest BCUT2D eigenvalue weighted by atomic mass is 9.87. The van der Waals surface area contributed by atoms with Gasteiger partial charge in [-0.2, -0.15) is 0 Å². The van der Waals surface area contributed by atoms with E-state index < -0.39 is 0 Å². The molecule has 0 radical (unpaired) electrons. The van der Waals surface area contributed by atoms with Crippen molar-refractivity contribution >= 4 is 17.5 Å². The minimum atomic E-state index is -0.191. The summed E-state index contributed by atoms with van der Waals surface area (Å²) >= 11 is 6.41. The number of amides is 1. The summed E-state index contributed by atoms with van der Waals surface area (Å²) in [5, 5.41) is 10.5. The van der Waals surface area contributed by atoms with Gasteiger partial charge in [-0.1, -0.05) is 41.9 Å². The van der Waals surface area contributed by atoms with E-state index >= 15 is 0 Å². The van der Waals surface area contributed by atoms with Crippen molar-refractivity contribution in [1.29, 1.82) is 0 Å². The number of phenolic OH excluding ortho intramolecular Hbond substituents is 1. The third kappa shape index (κ3) is 4.37. The second kappa shape index (κ2) is 8.56. The molecule has 0 saturated carbocycles. The summed E-state index contributed by atoms with van der Waals surface area (Å²) in [5.41, 5.74) is 1.79. The van der Waals surface area contributed by atoms with Crippen molar-refractivity contribution < 1.29 is 14.6 Å². The Kier molecular flexibility index (Phi) is 6.17. The molecule has 0 aliphatic carbocycles. The van der Waals surface area contributed by atoms with Crippen LogP contribution < -0.4 is 0 Å². The van der Waals surface area contributed by atoms with Gasteiger partial charge in [-0.25, -0.2) is 0 Å². The smallest absolute Gasteiger partial charge is 0.223 e. The lowest BCUT2D eigenvalue weighted by Crippen LogP contribution is -2.41. The molecule has 5 heteroatoms. The zero-order valence-corrected chi connectivity index (χ0v) is 15.7. The Morgan fingerprint density at radius 1 is 1.23 bits per heavy atom. The highest BCUT2D eigenvalue weighted by Gasteiger charge is 2.27. The van der Waals surface area contributed by atoms with Gasteiger partial charge >= 0.3 is 0 Å². The molecule has 4 nitrogen and oxygen atoms in total. The molecule has 0 unspecified atom stereocenters. The van der Waals surface area contributed by atoms with Gasteiger partial charge in [0.2, 0.25) is 5.91 Å². The van der Waals surface area contributed by atoms with E-state index in [1.54, 1.807) is 25.3 Å². The molecule has 1 aliphatic rings. The first kappa shape index (κ1) is 18.7. The first-order chi connectivity index (χ1) is 12.6. The maximum atomic E-state index is 12.9. The molecule has 138 valence electrons. The Morgan fingerprint density at radius 2 is 1.96 bits per heavy atom. The molecule has 1 saturated heterocycles. The van der Waals surface area contributed by atoms with Gasteiger partial charge in [0, 0.05) is 37.6 Å². The number of piperidine rings is 1. The monoisotopic (exact) mass is 373 g/mol. The average Bonchev–Trinajstić information content (AvgIpc) is 2.66. The molecular formula is C21H24ClNO3. The van der Waals surface area contributed by atoms with E-state index in [4.69, 9.17) is 16.3 Å². The summed E-state index contributed by atoms with van der Waals surface area (Å²) in [7, 11) is 1.72. The molecule has 0 aromatic heterocycles. The number of hydrogen-bond donors (Lipinski definition) is 1. The van der Waals surface area contributed by atoms with Crippen LogP contribution in [0.15, 0.2) is 48.5 Å². The molecule has 1 fully saturated rings. The maximum Gasteiger partial charge on any atom is 0.223 e. The summed E-state index contributed by atoms with van der Waals surface area (Å²) in [5.74, 6) is 0.101. The van der Waals surface area contributed by atoms with Gasteiger partial charge in [0.1, 0.15) is 5.75 Å². The number of hydrogen-bond acceptors (Lipinski definition) is 3. The van der Waals surface area contributed by atoms with Crippen molar-refractivity contribution in [2.24, 2.45) is 0 Å².